The van der Waals surface area contributed by atoms with Crippen LogP contribution in [0.2, 0.25) is 0 Å². The Kier molecular flexibility index (Phi) is 5.65. The van der Waals surface area contributed by atoms with Crippen molar-refractivity contribution in [2.24, 2.45) is 5.92 Å². The van der Waals surface area contributed by atoms with Crippen molar-refractivity contribution in [1.29, 1.82) is 0 Å². The molecule has 1 aromatic heterocycles. The molecule has 0 bridgehead atoms. The maximum Gasteiger partial charge on any atom is 0.246 e. The molecular formula is C13H23ClN4O2S. The van der Waals surface area contributed by atoms with E-state index in [1.54, 1.807) is 15.2 Å². The number of halogens is 1. The predicted octanol–water partition coefficient (Wildman–Crippen LogP) is 1.08. The van der Waals surface area contributed by atoms with E-state index < -0.39 is 10.0 Å². The molecule has 0 N–H and O–H groups in total. The molecular weight excluding hydrogens is 312 g/mol. The third-order valence-electron chi connectivity index (χ3n) is 3.52. The molecule has 1 aliphatic rings. The highest BCUT2D eigenvalue weighted by atomic mass is 35.5. The van der Waals surface area contributed by atoms with Crippen LogP contribution < -0.4 is 0 Å². The van der Waals surface area contributed by atoms with E-state index >= 15 is 0 Å². The summed E-state index contributed by atoms with van der Waals surface area (Å²) in [5, 5.41) is 4.04. The molecule has 21 heavy (non-hydrogen) atoms. The van der Waals surface area contributed by atoms with Crippen LogP contribution >= 0.6 is 11.6 Å². The van der Waals surface area contributed by atoms with Crippen molar-refractivity contribution in [3.63, 3.8) is 0 Å². The van der Waals surface area contributed by atoms with Gasteiger partial charge in [0.1, 0.15) is 4.90 Å². The summed E-state index contributed by atoms with van der Waals surface area (Å²) >= 11 is 5.64. The molecule has 120 valence electrons. The van der Waals surface area contributed by atoms with Crippen molar-refractivity contribution in [3.05, 3.63) is 12.4 Å². The van der Waals surface area contributed by atoms with Gasteiger partial charge in [0.05, 0.1) is 12.7 Å². The van der Waals surface area contributed by atoms with E-state index in [1.807, 2.05) is 0 Å². The van der Waals surface area contributed by atoms with Crippen molar-refractivity contribution in [2.45, 2.75) is 25.3 Å². The van der Waals surface area contributed by atoms with Crippen LogP contribution in [0.3, 0.4) is 0 Å². The summed E-state index contributed by atoms with van der Waals surface area (Å²) in [4.78, 5) is 2.57. The van der Waals surface area contributed by atoms with Crippen LogP contribution in [-0.4, -0.2) is 66.0 Å². The topological polar surface area (TPSA) is 58.4 Å². The van der Waals surface area contributed by atoms with Crippen LogP contribution in [0, 0.1) is 5.92 Å². The molecule has 6 nitrogen and oxygen atoms in total. The van der Waals surface area contributed by atoms with Crippen molar-refractivity contribution in [2.75, 3.05) is 38.6 Å². The van der Waals surface area contributed by atoms with Crippen LogP contribution in [0.15, 0.2) is 17.3 Å². The Hall–Kier alpha value is -0.630. The Balaban J connectivity index is 2.00. The molecule has 0 aliphatic carbocycles. The Labute approximate surface area is 131 Å². The Morgan fingerprint density at radius 2 is 1.95 bits per heavy atom. The third-order valence-corrected chi connectivity index (χ3v) is 5.54. The number of aromatic nitrogens is 2. The van der Waals surface area contributed by atoms with E-state index in [-0.39, 0.29) is 4.90 Å². The minimum Gasteiger partial charge on any atom is -0.300 e. The number of aryl methyl sites for hydroxylation is 1. The van der Waals surface area contributed by atoms with E-state index in [4.69, 9.17) is 11.6 Å². The molecule has 2 rings (SSSR count). The largest absolute Gasteiger partial charge is 0.300 e. The molecule has 8 heteroatoms. The van der Waals surface area contributed by atoms with Crippen molar-refractivity contribution in [3.8, 4) is 0 Å². The van der Waals surface area contributed by atoms with E-state index in [0.29, 0.717) is 31.4 Å². The molecule has 0 saturated carbocycles. The van der Waals surface area contributed by atoms with Gasteiger partial charge in [-0.1, -0.05) is 13.8 Å². The molecule has 0 amide bonds. The van der Waals surface area contributed by atoms with Gasteiger partial charge >= 0.3 is 0 Å². The second-order valence-corrected chi connectivity index (χ2v) is 8.04. The lowest BCUT2D eigenvalue weighted by Gasteiger charge is -2.34. The highest BCUT2D eigenvalue weighted by Crippen LogP contribution is 2.17. The monoisotopic (exact) mass is 334 g/mol. The molecule has 0 atom stereocenters. The average Bonchev–Trinajstić information content (AvgIpc) is 2.88. The Bertz CT molecular complexity index is 550. The first kappa shape index (κ1) is 16.7. The highest BCUT2D eigenvalue weighted by molar-refractivity contribution is 7.89. The first-order valence-electron chi connectivity index (χ1n) is 7.24. The minimum atomic E-state index is -3.43. The summed E-state index contributed by atoms with van der Waals surface area (Å²) in [6, 6.07) is 0. The van der Waals surface area contributed by atoms with Gasteiger partial charge in [-0.3, -0.25) is 4.68 Å². The van der Waals surface area contributed by atoms with Gasteiger partial charge in [-0.25, -0.2) is 8.42 Å². The first-order valence-corrected chi connectivity index (χ1v) is 9.22. The number of alkyl halides is 1. The quantitative estimate of drug-likeness (QED) is 0.731. The lowest BCUT2D eigenvalue weighted by atomic mass is 10.2. The van der Waals surface area contributed by atoms with Gasteiger partial charge in [-0.2, -0.15) is 9.40 Å². The molecule has 1 aromatic rings. The fourth-order valence-corrected chi connectivity index (χ4v) is 4.06. The van der Waals surface area contributed by atoms with Gasteiger partial charge in [-0.15, -0.1) is 11.6 Å². The maximum atomic E-state index is 12.6. The summed E-state index contributed by atoms with van der Waals surface area (Å²) in [5.41, 5.74) is 0. The molecule has 1 saturated heterocycles. The number of sulfonamides is 1. The van der Waals surface area contributed by atoms with Gasteiger partial charge in [0.2, 0.25) is 10.0 Å². The number of piperazine rings is 1. The summed E-state index contributed by atoms with van der Waals surface area (Å²) in [6.45, 7) is 8.52. The van der Waals surface area contributed by atoms with E-state index in [2.05, 4.69) is 23.8 Å². The number of nitrogens with zero attached hydrogens (tertiary/aromatic N) is 4. The number of hydrogen-bond acceptors (Lipinski definition) is 4. The van der Waals surface area contributed by atoms with E-state index in [0.717, 1.165) is 19.6 Å². The molecule has 2 heterocycles. The smallest absolute Gasteiger partial charge is 0.246 e. The van der Waals surface area contributed by atoms with Crippen molar-refractivity contribution >= 4 is 21.6 Å². The molecule has 0 aromatic carbocycles. The second kappa shape index (κ2) is 7.09. The normalized spacial score (nSPS) is 18.5. The molecule has 1 aliphatic heterocycles. The van der Waals surface area contributed by atoms with Crippen LogP contribution in [-0.2, 0) is 16.6 Å². The number of hydrogen-bond donors (Lipinski definition) is 0. The van der Waals surface area contributed by atoms with Crippen molar-refractivity contribution < 1.29 is 8.42 Å². The van der Waals surface area contributed by atoms with Crippen molar-refractivity contribution in [1.82, 2.24) is 19.0 Å². The summed E-state index contributed by atoms with van der Waals surface area (Å²) in [5.74, 6) is 1.01. The fourth-order valence-electron chi connectivity index (χ4n) is 2.50. The SMILES string of the molecule is CC(C)CN1CCN(S(=O)(=O)c2cnn(CCCl)c2)CC1. The lowest BCUT2D eigenvalue weighted by molar-refractivity contribution is 0.172. The summed E-state index contributed by atoms with van der Waals surface area (Å²) < 4.78 is 28.2. The van der Waals surface area contributed by atoms with Gasteiger partial charge in [0, 0.05) is 44.8 Å². The zero-order valence-electron chi connectivity index (χ0n) is 12.6. The van der Waals surface area contributed by atoms with Crippen LogP contribution in [0.4, 0.5) is 0 Å². The molecule has 0 unspecified atom stereocenters. The van der Waals surface area contributed by atoms with Crippen LogP contribution in [0.1, 0.15) is 13.8 Å². The summed E-state index contributed by atoms with van der Waals surface area (Å²) in [6.07, 6.45) is 2.96. The van der Waals surface area contributed by atoms with Gasteiger partial charge in [0.15, 0.2) is 0 Å². The van der Waals surface area contributed by atoms with Gasteiger partial charge < -0.3 is 4.90 Å². The van der Waals surface area contributed by atoms with Crippen LogP contribution in [0.25, 0.3) is 0 Å². The second-order valence-electron chi connectivity index (χ2n) is 5.73. The van der Waals surface area contributed by atoms with Gasteiger partial charge in [0.25, 0.3) is 0 Å². The number of rotatable bonds is 6. The van der Waals surface area contributed by atoms with Gasteiger partial charge in [-0.05, 0) is 5.92 Å². The van der Waals surface area contributed by atoms with E-state index in [9.17, 15) is 8.42 Å². The zero-order chi connectivity index (χ0) is 15.5. The minimum absolute atomic E-state index is 0.255. The standard InChI is InChI=1S/C13H23ClN4O2S/c1-12(2)10-16-5-7-18(8-6-16)21(19,20)13-9-15-17(11-13)4-3-14/h9,11-12H,3-8,10H2,1-2H3. The maximum absolute atomic E-state index is 12.6. The average molecular weight is 335 g/mol. The Morgan fingerprint density at radius 3 is 2.52 bits per heavy atom. The third kappa shape index (κ3) is 4.18. The Morgan fingerprint density at radius 1 is 1.29 bits per heavy atom. The first-order chi connectivity index (χ1) is 9.93. The van der Waals surface area contributed by atoms with Crippen LogP contribution in [0.5, 0.6) is 0 Å². The van der Waals surface area contributed by atoms with E-state index in [1.165, 1.54) is 6.20 Å². The zero-order valence-corrected chi connectivity index (χ0v) is 14.1. The lowest BCUT2D eigenvalue weighted by Crippen LogP contribution is -2.49. The highest BCUT2D eigenvalue weighted by Gasteiger charge is 2.29. The summed E-state index contributed by atoms with van der Waals surface area (Å²) in [7, 11) is -3.43. The molecule has 1 fully saturated rings. The fraction of sp³-hybridized carbons (Fsp3) is 0.769. The molecule has 0 spiro atoms. The molecule has 0 radical (unpaired) electrons. The predicted molar refractivity (Wildman–Crippen MR) is 83.0 cm³/mol.